The van der Waals surface area contributed by atoms with Crippen LogP contribution in [0.5, 0.6) is 0 Å². The smallest absolute Gasteiger partial charge is 0.306 e. The van der Waals surface area contributed by atoms with Gasteiger partial charge in [0.25, 0.3) is 0 Å². The Morgan fingerprint density at radius 1 is 0.256 bits per heavy atom. The standard InChI is InChI=1S/C76H132O6/c1-4-7-10-13-16-19-22-25-28-31-34-36-38-40-42-45-48-51-54-57-60-63-66-69-75(78)81-72-73(71-80-74(77)68-65-62-59-56-53-50-47-44-41-33-30-27-24-21-18-15-12-9-6-3)82-76(79)70-67-64-61-58-55-52-49-46-43-39-37-35-32-29-26-23-20-17-14-11-8-5-2/h9,12,18,21-22,25,27,30-31,34,38,40-41,44,50,53,73H,4-8,10-11,13-17,19-20,23-24,26,28-29,32-33,35-37,39,42-43,45-49,51-52,54-72H2,1-3H3/b12-9-,21-18-,25-22-,30-27-,34-31-,40-38-,44-41-,53-50-. The summed E-state index contributed by atoms with van der Waals surface area (Å²) in [6.45, 7) is 6.53. The van der Waals surface area contributed by atoms with Crippen molar-refractivity contribution in [3.8, 4) is 0 Å². The summed E-state index contributed by atoms with van der Waals surface area (Å²) in [6.07, 6.45) is 94.3. The molecule has 0 amide bonds. The van der Waals surface area contributed by atoms with Crippen LogP contribution in [0.1, 0.15) is 348 Å². The van der Waals surface area contributed by atoms with Gasteiger partial charge in [0.05, 0.1) is 0 Å². The molecule has 0 bridgehead atoms. The minimum atomic E-state index is -0.796. The average molecular weight is 1140 g/mol. The fraction of sp³-hybridized carbons (Fsp3) is 0.750. The van der Waals surface area contributed by atoms with Gasteiger partial charge >= 0.3 is 17.9 Å². The fourth-order valence-corrected chi connectivity index (χ4v) is 10.1. The van der Waals surface area contributed by atoms with Crippen molar-refractivity contribution in [3.63, 3.8) is 0 Å². The van der Waals surface area contributed by atoms with Crippen molar-refractivity contribution in [2.45, 2.75) is 354 Å². The first-order valence-electron chi connectivity index (χ1n) is 35.2. The number of esters is 3. The highest BCUT2D eigenvalue weighted by Crippen LogP contribution is 2.17. The van der Waals surface area contributed by atoms with Crippen molar-refractivity contribution in [2.75, 3.05) is 13.2 Å². The first-order chi connectivity index (χ1) is 40.5. The van der Waals surface area contributed by atoms with Crippen LogP contribution in [0.15, 0.2) is 97.2 Å². The quantitative estimate of drug-likeness (QED) is 0.0261. The second-order valence-electron chi connectivity index (χ2n) is 23.4. The number of carbonyl (C=O) groups excluding carboxylic acids is 3. The summed E-state index contributed by atoms with van der Waals surface area (Å²) >= 11 is 0. The third-order valence-corrected chi connectivity index (χ3v) is 15.3. The zero-order valence-electron chi connectivity index (χ0n) is 54.2. The molecule has 0 spiro atoms. The van der Waals surface area contributed by atoms with Crippen LogP contribution < -0.4 is 0 Å². The van der Waals surface area contributed by atoms with Crippen LogP contribution in [0.2, 0.25) is 0 Å². The molecule has 1 unspecified atom stereocenters. The highest BCUT2D eigenvalue weighted by Gasteiger charge is 2.19. The SMILES string of the molecule is CC/C=C\C/C=C\C/C=C\C/C=C\C/C=C\CCCCCC(=O)OCC(COC(=O)CCCCCCCCCC/C=C\C/C=C\C/C=C\CCCCCCC)OC(=O)CCCCCCCCCCCCCCCCCCCCCCCC. The van der Waals surface area contributed by atoms with Crippen molar-refractivity contribution in [1.29, 1.82) is 0 Å². The van der Waals surface area contributed by atoms with Crippen LogP contribution in [-0.4, -0.2) is 37.2 Å². The molecule has 472 valence electrons. The zero-order valence-corrected chi connectivity index (χ0v) is 54.2. The minimum absolute atomic E-state index is 0.0900. The van der Waals surface area contributed by atoms with Crippen LogP contribution >= 0.6 is 0 Å². The Kier molecular flexibility index (Phi) is 66.7. The molecule has 0 aromatic rings. The van der Waals surface area contributed by atoms with Gasteiger partial charge in [-0.05, 0) is 103 Å². The Balaban J connectivity index is 4.42. The zero-order chi connectivity index (χ0) is 59.2. The van der Waals surface area contributed by atoms with E-state index in [4.69, 9.17) is 14.2 Å². The molecule has 0 saturated heterocycles. The molecule has 1 atom stereocenters. The van der Waals surface area contributed by atoms with Crippen molar-refractivity contribution in [3.05, 3.63) is 97.2 Å². The Morgan fingerprint density at radius 2 is 0.476 bits per heavy atom. The van der Waals surface area contributed by atoms with Gasteiger partial charge in [0.15, 0.2) is 6.10 Å². The monoisotopic (exact) mass is 1140 g/mol. The van der Waals surface area contributed by atoms with Gasteiger partial charge in [-0.2, -0.15) is 0 Å². The largest absolute Gasteiger partial charge is 0.462 e. The van der Waals surface area contributed by atoms with E-state index in [0.717, 1.165) is 116 Å². The summed E-state index contributed by atoms with van der Waals surface area (Å²) in [6, 6.07) is 0. The van der Waals surface area contributed by atoms with Crippen LogP contribution in [-0.2, 0) is 28.6 Å². The molecule has 82 heavy (non-hydrogen) atoms. The molecular formula is C76H132O6. The summed E-state index contributed by atoms with van der Waals surface area (Å²) in [7, 11) is 0. The highest BCUT2D eigenvalue weighted by atomic mass is 16.6. The lowest BCUT2D eigenvalue weighted by molar-refractivity contribution is -0.167. The number of carbonyl (C=O) groups is 3. The maximum Gasteiger partial charge on any atom is 0.306 e. The molecule has 6 nitrogen and oxygen atoms in total. The Hall–Kier alpha value is -3.67. The molecule has 0 rings (SSSR count). The van der Waals surface area contributed by atoms with Crippen LogP contribution in [0, 0.1) is 0 Å². The molecule has 0 radical (unpaired) electrons. The van der Waals surface area contributed by atoms with Crippen molar-refractivity contribution in [1.82, 2.24) is 0 Å². The van der Waals surface area contributed by atoms with E-state index in [1.54, 1.807) is 0 Å². The summed E-state index contributed by atoms with van der Waals surface area (Å²) < 4.78 is 17.0. The average Bonchev–Trinajstić information content (AvgIpc) is 3.47. The van der Waals surface area contributed by atoms with E-state index in [9.17, 15) is 14.4 Å². The molecule has 0 saturated carbocycles. The fourth-order valence-electron chi connectivity index (χ4n) is 10.1. The lowest BCUT2D eigenvalue weighted by Gasteiger charge is -2.18. The first kappa shape index (κ1) is 78.3. The van der Waals surface area contributed by atoms with E-state index < -0.39 is 6.10 Å². The van der Waals surface area contributed by atoms with E-state index in [1.165, 1.54) is 193 Å². The lowest BCUT2D eigenvalue weighted by Crippen LogP contribution is -2.30. The third kappa shape index (κ3) is 67.1. The van der Waals surface area contributed by atoms with Gasteiger partial charge in [-0.1, -0.05) is 323 Å². The summed E-state index contributed by atoms with van der Waals surface area (Å²) in [5, 5.41) is 0. The number of ether oxygens (including phenoxy) is 3. The van der Waals surface area contributed by atoms with E-state index in [-0.39, 0.29) is 31.1 Å². The summed E-state index contributed by atoms with van der Waals surface area (Å²) in [4.78, 5) is 38.5. The van der Waals surface area contributed by atoms with E-state index >= 15 is 0 Å². The normalized spacial score (nSPS) is 12.7. The molecular weight excluding hydrogens is 1010 g/mol. The molecule has 0 aromatic heterocycles. The maximum absolute atomic E-state index is 13.0. The van der Waals surface area contributed by atoms with Gasteiger partial charge in [0, 0.05) is 19.3 Å². The second-order valence-corrected chi connectivity index (χ2v) is 23.4. The Morgan fingerprint density at radius 3 is 0.756 bits per heavy atom. The number of rotatable bonds is 64. The van der Waals surface area contributed by atoms with Gasteiger partial charge in [-0.25, -0.2) is 0 Å². The highest BCUT2D eigenvalue weighted by molar-refractivity contribution is 5.71. The van der Waals surface area contributed by atoms with E-state index in [1.807, 2.05) is 0 Å². The molecule has 0 heterocycles. The van der Waals surface area contributed by atoms with Crippen molar-refractivity contribution >= 4 is 17.9 Å². The molecule has 6 heteroatoms. The molecule has 0 aliphatic carbocycles. The Bertz CT molecular complexity index is 1590. The van der Waals surface area contributed by atoms with Gasteiger partial charge < -0.3 is 14.2 Å². The molecule has 0 aromatic carbocycles. The molecule has 0 aliphatic rings. The van der Waals surface area contributed by atoms with Crippen LogP contribution in [0.25, 0.3) is 0 Å². The number of hydrogen-bond acceptors (Lipinski definition) is 6. The summed E-state index contributed by atoms with van der Waals surface area (Å²) in [5.41, 5.74) is 0. The number of unbranched alkanes of at least 4 members (excludes halogenated alkanes) is 37. The van der Waals surface area contributed by atoms with Gasteiger partial charge in [0.1, 0.15) is 13.2 Å². The minimum Gasteiger partial charge on any atom is -0.462 e. The van der Waals surface area contributed by atoms with Gasteiger partial charge in [0.2, 0.25) is 0 Å². The maximum atomic E-state index is 13.0. The predicted molar refractivity (Wildman–Crippen MR) is 357 cm³/mol. The van der Waals surface area contributed by atoms with Gasteiger partial charge in [-0.15, -0.1) is 0 Å². The first-order valence-corrected chi connectivity index (χ1v) is 35.2. The Labute approximate surface area is 508 Å². The molecule has 0 fully saturated rings. The van der Waals surface area contributed by atoms with E-state index in [0.29, 0.717) is 19.3 Å². The van der Waals surface area contributed by atoms with Crippen LogP contribution in [0.4, 0.5) is 0 Å². The topological polar surface area (TPSA) is 78.9 Å². The summed E-state index contributed by atoms with van der Waals surface area (Å²) in [5.74, 6) is -0.912. The van der Waals surface area contributed by atoms with Crippen LogP contribution in [0.3, 0.4) is 0 Å². The predicted octanol–water partition coefficient (Wildman–Crippen LogP) is 24.4. The van der Waals surface area contributed by atoms with Gasteiger partial charge in [-0.3, -0.25) is 14.4 Å². The van der Waals surface area contributed by atoms with Crippen molar-refractivity contribution in [2.24, 2.45) is 0 Å². The molecule has 0 aliphatic heterocycles. The lowest BCUT2D eigenvalue weighted by atomic mass is 10.0. The third-order valence-electron chi connectivity index (χ3n) is 15.3. The number of hydrogen-bond donors (Lipinski definition) is 0. The number of allylic oxidation sites excluding steroid dienone is 16. The molecule has 0 N–H and O–H groups in total. The van der Waals surface area contributed by atoms with E-state index in [2.05, 4.69) is 118 Å². The van der Waals surface area contributed by atoms with Crippen molar-refractivity contribution < 1.29 is 28.6 Å². The second kappa shape index (κ2) is 69.8.